The summed E-state index contributed by atoms with van der Waals surface area (Å²) in [6.07, 6.45) is 0.0174. The average Bonchev–Trinajstić information content (AvgIpc) is 3.35. The molecule has 48 heavy (non-hydrogen) atoms. The summed E-state index contributed by atoms with van der Waals surface area (Å²) in [6, 6.07) is 13.5. The molecule has 1 atom stereocenters. The maximum Gasteiger partial charge on any atom is 0.336 e. The normalized spacial score (nSPS) is 16.5. The Bertz CT molecular complexity index is 1460. The number of likely N-dealkylation sites (N-methyl/N-ethyl adjacent to an activating group) is 1. The van der Waals surface area contributed by atoms with Crippen LogP contribution >= 0.6 is 11.6 Å². The third kappa shape index (κ3) is 10.1. The van der Waals surface area contributed by atoms with Gasteiger partial charge in [-0.05, 0) is 82.1 Å². The van der Waals surface area contributed by atoms with Gasteiger partial charge >= 0.3 is 17.9 Å². The van der Waals surface area contributed by atoms with Crippen molar-refractivity contribution in [2.24, 2.45) is 5.92 Å². The number of hydrogen-bond acceptors (Lipinski definition) is 9. The molecular formula is C34H46ClN3O10. The number of aliphatic hydroxyl groups is 1. The van der Waals surface area contributed by atoms with Crippen molar-refractivity contribution in [1.82, 2.24) is 15.1 Å². The van der Waals surface area contributed by atoms with E-state index in [2.05, 4.69) is 53.2 Å². The number of phenols is 1. The molecule has 2 aromatic rings. The SMILES string of the molecule is CN(C)C(C)(C)CNC(=O)C(Cc1cc(O)ccc1Cl)CN1CCC2(CC1)OCc1ccccc12.O=C(O)CC(O)(CC(=O)O)C(=O)O. The minimum atomic E-state index is -2.74. The van der Waals surface area contributed by atoms with Gasteiger partial charge in [0.2, 0.25) is 5.91 Å². The highest BCUT2D eigenvalue weighted by atomic mass is 35.5. The molecule has 0 saturated carbocycles. The van der Waals surface area contributed by atoms with Gasteiger partial charge in [0.15, 0.2) is 5.60 Å². The highest BCUT2D eigenvalue weighted by Gasteiger charge is 2.43. The Morgan fingerprint density at radius 2 is 1.62 bits per heavy atom. The maximum atomic E-state index is 13.4. The van der Waals surface area contributed by atoms with Crippen molar-refractivity contribution < 1.29 is 49.4 Å². The Morgan fingerprint density at radius 1 is 1.02 bits per heavy atom. The summed E-state index contributed by atoms with van der Waals surface area (Å²) >= 11 is 6.43. The second-order valence-electron chi connectivity index (χ2n) is 13.3. The molecule has 2 aromatic carbocycles. The smallest absolute Gasteiger partial charge is 0.336 e. The fraction of sp³-hybridized carbons (Fsp3) is 0.529. The zero-order valence-electron chi connectivity index (χ0n) is 27.7. The van der Waals surface area contributed by atoms with Crippen LogP contribution in [-0.2, 0) is 42.5 Å². The van der Waals surface area contributed by atoms with Crippen molar-refractivity contribution in [2.75, 3.05) is 40.3 Å². The monoisotopic (exact) mass is 691 g/mol. The van der Waals surface area contributed by atoms with E-state index in [1.54, 1.807) is 18.2 Å². The first-order chi connectivity index (χ1) is 22.4. The van der Waals surface area contributed by atoms with Gasteiger partial charge in [-0.2, -0.15) is 0 Å². The van der Waals surface area contributed by atoms with Crippen LogP contribution in [0.4, 0.5) is 0 Å². The lowest BCUT2D eigenvalue weighted by Gasteiger charge is -2.40. The van der Waals surface area contributed by atoms with Gasteiger partial charge in [-0.3, -0.25) is 14.4 Å². The van der Waals surface area contributed by atoms with E-state index in [4.69, 9.17) is 36.8 Å². The number of carboxylic acids is 3. The summed E-state index contributed by atoms with van der Waals surface area (Å²) in [7, 11) is 4.03. The number of piperidine rings is 1. The van der Waals surface area contributed by atoms with Crippen molar-refractivity contribution >= 4 is 35.4 Å². The zero-order valence-corrected chi connectivity index (χ0v) is 28.5. The lowest BCUT2D eigenvalue weighted by atomic mass is 9.83. The number of aromatic hydroxyl groups is 1. The molecule has 4 rings (SSSR count). The number of phenolic OH excluding ortho intramolecular Hbond substituents is 1. The van der Waals surface area contributed by atoms with Gasteiger partial charge in [-0.1, -0.05) is 35.9 Å². The molecule has 2 aliphatic rings. The van der Waals surface area contributed by atoms with Gasteiger partial charge in [0.1, 0.15) is 5.75 Å². The van der Waals surface area contributed by atoms with Crippen molar-refractivity contribution in [1.29, 1.82) is 0 Å². The predicted molar refractivity (Wildman–Crippen MR) is 177 cm³/mol. The van der Waals surface area contributed by atoms with Gasteiger partial charge in [-0.25, -0.2) is 4.79 Å². The standard InChI is InChI=1S/C28H38ClN3O3.C6H8O7/c1-27(2,31(3)4)19-30-26(34)22(15-21-16-23(33)9-10-25(21)29)17-32-13-11-28(12-14-32)24-8-6-5-7-20(24)18-35-28;7-3(8)1-6(13,5(11)12)2-4(9)10/h5-10,16,22,33H,11-15,17-19H2,1-4H3,(H,30,34);13H,1-2H2,(H,7,8)(H,9,10)(H,11,12). The third-order valence-corrected chi connectivity index (χ3v) is 9.58. The number of rotatable bonds is 13. The summed E-state index contributed by atoms with van der Waals surface area (Å²) in [4.78, 5) is 48.4. The molecule has 0 radical (unpaired) electrons. The minimum absolute atomic E-state index is 0.0158. The maximum absolute atomic E-state index is 13.4. The van der Waals surface area contributed by atoms with Gasteiger partial charge in [-0.15, -0.1) is 0 Å². The summed E-state index contributed by atoms with van der Waals surface area (Å²) in [6.45, 7) is 7.83. The molecule has 0 aromatic heterocycles. The molecule has 1 saturated heterocycles. The van der Waals surface area contributed by atoms with Crippen molar-refractivity contribution in [3.63, 3.8) is 0 Å². The van der Waals surface area contributed by atoms with Crippen LogP contribution in [0, 0.1) is 5.92 Å². The lowest BCUT2D eigenvalue weighted by Crippen LogP contribution is -2.51. The van der Waals surface area contributed by atoms with Crippen molar-refractivity contribution in [3.05, 3.63) is 64.2 Å². The van der Waals surface area contributed by atoms with Crippen LogP contribution in [-0.4, -0.2) is 111 Å². The first-order valence-corrected chi connectivity index (χ1v) is 16.0. The van der Waals surface area contributed by atoms with E-state index < -0.39 is 36.4 Å². The number of ether oxygens (including phenoxy) is 1. The molecule has 1 amide bonds. The Morgan fingerprint density at radius 3 is 2.19 bits per heavy atom. The van der Waals surface area contributed by atoms with Crippen molar-refractivity contribution in [2.45, 2.75) is 69.3 Å². The summed E-state index contributed by atoms with van der Waals surface area (Å²) in [5, 5.41) is 47.5. The van der Waals surface area contributed by atoms with E-state index in [9.17, 15) is 24.3 Å². The molecule has 2 aliphatic heterocycles. The van der Waals surface area contributed by atoms with Crippen LogP contribution in [0.15, 0.2) is 42.5 Å². The van der Waals surface area contributed by atoms with Gasteiger partial charge in [0, 0.05) is 36.7 Å². The Balaban J connectivity index is 0.000000408. The molecule has 264 valence electrons. The van der Waals surface area contributed by atoms with Crippen molar-refractivity contribution in [3.8, 4) is 5.75 Å². The second-order valence-corrected chi connectivity index (χ2v) is 13.7. The van der Waals surface area contributed by atoms with Crippen LogP contribution in [0.3, 0.4) is 0 Å². The number of carbonyl (C=O) groups is 4. The first kappa shape index (κ1) is 38.7. The van der Waals surface area contributed by atoms with E-state index in [1.807, 2.05) is 14.1 Å². The molecule has 0 bridgehead atoms. The van der Waals surface area contributed by atoms with Crippen LogP contribution < -0.4 is 5.32 Å². The molecule has 13 nitrogen and oxygen atoms in total. The van der Waals surface area contributed by atoms with E-state index in [1.165, 1.54) is 11.1 Å². The largest absolute Gasteiger partial charge is 0.508 e. The van der Waals surface area contributed by atoms with E-state index in [-0.39, 0.29) is 28.7 Å². The fourth-order valence-electron chi connectivity index (χ4n) is 5.75. The number of nitrogens with zero attached hydrogens (tertiary/aromatic N) is 2. The number of fused-ring (bicyclic) bond motifs is 2. The van der Waals surface area contributed by atoms with Gasteiger partial charge in [0.05, 0.1) is 31.0 Å². The number of carboxylic acid groups (broad SMARTS) is 3. The number of carbonyl (C=O) groups excluding carboxylic acids is 1. The lowest BCUT2D eigenvalue weighted by molar-refractivity contribution is -0.170. The number of aliphatic carboxylic acids is 3. The second kappa shape index (κ2) is 16.1. The highest BCUT2D eigenvalue weighted by Crippen LogP contribution is 2.44. The first-order valence-electron chi connectivity index (χ1n) is 15.6. The Hall–Kier alpha value is -3.75. The molecule has 14 heteroatoms. The van der Waals surface area contributed by atoms with Gasteiger partial charge in [0.25, 0.3) is 0 Å². The number of halogens is 1. The summed E-state index contributed by atoms with van der Waals surface area (Å²) in [5.74, 6) is -5.12. The summed E-state index contributed by atoms with van der Waals surface area (Å²) < 4.78 is 6.32. The van der Waals surface area contributed by atoms with Gasteiger partial charge < -0.3 is 45.4 Å². The molecule has 1 spiro atoms. The Kier molecular flexibility index (Phi) is 13.0. The van der Waals surface area contributed by atoms with Crippen LogP contribution in [0.25, 0.3) is 0 Å². The Labute approximate surface area is 285 Å². The number of amides is 1. The van der Waals surface area contributed by atoms with E-state index in [0.717, 1.165) is 31.5 Å². The number of likely N-dealkylation sites (tertiary alicyclic amines) is 1. The molecule has 6 N–H and O–H groups in total. The fourth-order valence-corrected chi connectivity index (χ4v) is 5.94. The third-order valence-electron chi connectivity index (χ3n) is 9.21. The predicted octanol–water partition coefficient (Wildman–Crippen LogP) is 2.93. The summed E-state index contributed by atoms with van der Waals surface area (Å²) in [5.41, 5.74) is 0.312. The quantitative estimate of drug-likeness (QED) is 0.180. The average molecular weight is 692 g/mol. The van der Waals surface area contributed by atoms with Crippen LogP contribution in [0.2, 0.25) is 5.02 Å². The molecule has 1 unspecified atom stereocenters. The minimum Gasteiger partial charge on any atom is -0.508 e. The van der Waals surface area contributed by atoms with E-state index in [0.29, 0.717) is 31.1 Å². The van der Waals surface area contributed by atoms with Crippen LogP contribution in [0.1, 0.15) is 56.2 Å². The van der Waals surface area contributed by atoms with Crippen LogP contribution in [0.5, 0.6) is 5.75 Å². The molecule has 2 heterocycles. The highest BCUT2D eigenvalue weighted by molar-refractivity contribution is 6.31. The zero-order chi connectivity index (χ0) is 35.9. The number of hydrogen-bond donors (Lipinski definition) is 6. The topological polar surface area (TPSA) is 197 Å². The van der Waals surface area contributed by atoms with E-state index >= 15 is 0 Å². The number of nitrogens with one attached hydrogen (secondary N) is 1. The molecule has 0 aliphatic carbocycles. The molecule has 1 fully saturated rings. The molecular weight excluding hydrogens is 646 g/mol. The number of benzene rings is 2.